The molecule has 0 bridgehead atoms. The summed E-state index contributed by atoms with van der Waals surface area (Å²) in [7, 11) is 0. The van der Waals surface area contributed by atoms with Crippen LogP contribution in [-0.2, 0) is 17.8 Å². The van der Waals surface area contributed by atoms with E-state index in [2.05, 4.69) is 10.3 Å². The van der Waals surface area contributed by atoms with Crippen molar-refractivity contribution < 1.29 is 19.5 Å². The van der Waals surface area contributed by atoms with Gasteiger partial charge in [-0.2, -0.15) is 0 Å². The Labute approximate surface area is 224 Å². The van der Waals surface area contributed by atoms with Gasteiger partial charge in [-0.3, -0.25) is 14.6 Å². The highest BCUT2D eigenvalue weighted by Crippen LogP contribution is 2.31. The second-order valence-electron chi connectivity index (χ2n) is 9.21. The number of aromatic carboxylic acids is 1. The van der Waals surface area contributed by atoms with E-state index in [0.717, 1.165) is 11.1 Å². The normalized spacial score (nSPS) is 15.0. The summed E-state index contributed by atoms with van der Waals surface area (Å²) in [4.78, 5) is 45.2. The summed E-state index contributed by atoms with van der Waals surface area (Å²) < 4.78 is 0. The van der Waals surface area contributed by atoms with Crippen LogP contribution in [0.25, 0.3) is 11.1 Å². The smallest absolute Gasteiger partial charge is 0.336 e. The third-order valence-electron chi connectivity index (χ3n) is 6.53. The number of rotatable bonds is 6. The first-order valence-corrected chi connectivity index (χ1v) is 12.4. The summed E-state index contributed by atoms with van der Waals surface area (Å²) in [6.45, 7) is 2.03. The number of carbonyl (C=O) groups excluding carboxylic acids is 2. The molecular weight excluding hydrogens is 502 g/mol. The van der Waals surface area contributed by atoms with Crippen molar-refractivity contribution >= 4 is 35.1 Å². The van der Waals surface area contributed by atoms with Crippen LogP contribution in [-0.4, -0.2) is 38.8 Å². The van der Waals surface area contributed by atoms with Crippen molar-refractivity contribution in [2.45, 2.75) is 25.9 Å². The monoisotopic (exact) mass is 525 g/mol. The van der Waals surface area contributed by atoms with Gasteiger partial charge in [0.25, 0.3) is 5.91 Å². The van der Waals surface area contributed by atoms with E-state index in [-0.39, 0.29) is 30.3 Å². The first-order valence-electron chi connectivity index (χ1n) is 12.0. The Morgan fingerprint density at radius 1 is 1.00 bits per heavy atom. The Morgan fingerprint density at radius 2 is 1.84 bits per heavy atom. The molecule has 3 aromatic carbocycles. The summed E-state index contributed by atoms with van der Waals surface area (Å²) in [5, 5.41) is 13.1. The molecule has 2 amide bonds. The highest BCUT2D eigenvalue weighted by molar-refractivity contribution is 6.31. The number of hydrogen-bond donors (Lipinski definition) is 2. The molecule has 8 heteroatoms. The Kier molecular flexibility index (Phi) is 6.94. The number of fused-ring (bicyclic) bond motifs is 1. The fraction of sp³-hybridized carbons (Fsp3) is 0.133. The number of carboxylic acids is 1. The van der Waals surface area contributed by atoms with Gasteiger partial charge in [0, 0.05) is 29.9 Å². The zero-order chi connectivity index (χ0) is 26.8. The van der Waals surface area contributed by atoms with Gasteiger partial charge in [0.15, 0.2) is 0 Å². The number of nitrogens with zero attached hydrogens (tertiary/aromatic N) is 2. The Hall–Kier alpha value is -4.49. The van der Waals surface area contributed by atoms with Crippen molar-refractivity contribution in [3.63, 3.8) is 0 Å². The van der Waals surface area contributed by atoms with Crippen molar-refractivity contribution in [2.75, 3.05) is 5.32 Å². The largest absolute Gasteiger partial charge is 0.478 e. The van der Waals surface area contributed by atoms with Gasteiger partial charge >= 0.3 is 5.97 Å². The molecule has 7 nitrogen and oxygen atoms in total. The maximum Gasteiger partial charge on any atom is 0.336 e. The number of carboxylic acid groups (broad SMARTS) is 1. The fourth-order valence-corrected chi connectivity index (χ4v) is 4.86. The molecule has 1 aliphatic rings. The molecular formula is C30H24ClN3O4. The summed E-state index contributed by atoms with van der Waals surface area (Å²) >= 11 is 6.15. The Balaban J connectivity index is 1.59. The molecule has 190 valence electrons. The maximum absolute atomic E-state index is 13.8. The molecule has 2 heterocycles. The molecule has 0 radical (unpaired) electrons. The molecule has 1 aliphatic heterocycles. The van der Waals surface area contributed by atoms with Gasteiger partial charge in [-0.15, -0.1) is 0 Å². The lowest BCUT2D eigenvalue weighted by Crippen LogP contribution is -2.46. The molecule has 0 spiro atoms. The third-order valence-corrected chi connectivity index (χ3v) is 6.77. The van der Waals surface area contributed by atoms with Crippen molar-refractivity contribution in [1.29, 1.82) is 0 Å². The minimum Gasteiger partial charge on any atom is -0.478 e. The quantitative estimate of drug-likeness (QED) is 0.340. The van der Waals surface area contributed by atoms with Gasteiger partial charge in [-0.25, -0.2) is 4.79 Å². The lowest BCUT2D eigenvalue weighted by molar-refractivity contribution is -0.120. The molecule has 0 unspecified atom stereocenters. The number of anilines is 1. The molecule has 5 rings (SSSR count). The van der Waals surface area contributed by atoms with Crippen LogP contribution in [0.1, 0.15) is 37.5 Å². The molecule has 1 atom stereocenters. The van der Waals surface area contributed by atoms with E-state index in [1.807, 2.05) is 43.3 Å². The van der Waals surface area contributed by atoms with E-state index in [4.69, 9.17) is 11.6 Å². The van der Waals surface area contributed by atoms with E-state index in [9.17, 15) is 19.5 Å². The topological polar surface area (TPSA) is 99.6 Å². The van der Waals surface area contributed by atoms with Crippen LogP contribution in [0.4, 0.5) is 5.69 Å². The van der Waals surface area contributed by atoms with Gasteiger partial charge < -0.3 is 15.3 Å². The second-order valence-corrected chi connectivity index (χ2v) is 9.64. The molecule has 0 saturated heterocycles. The number of hydrogen-bond acceptors (Lipinski definition) is 4. The van der Waals surface area contributed by atoms with E-state index in [1.165, 1.54) is 4.90 Å². The van der Waals surface area contributed by atoms with Crippen LogP contribution < -0.4 is 5.32 Å². The average Bonchev–Trinajstić information content (AvgIpc) is 2.99. The molecule has 0 fully saturated rings. The van der Waals surface area contributed by atoms with Gasteiger partial charge in [-0.1, -0.05) is 53.6 Å². The summed E-state index contributed by atoms with van der Waals surface area (Å²) in [6.07, 6.45) is 1.85. The van der Waals surface area contributed by atoms with Crippen molar-refractivity contribution in [2.24, 2.45) is 0 Å². The minimum atomic E-state index is -1.04. The fourth-order valence-electron chi connectivity index (χ4n) is 4.69. The number of benzene rings is 3. The van der Waals surface area contributed by atoms with Crippen LogP contribution in [0.2, 0.25) is 5.02 Å². The number of aromatic nitrogens is 1. The van der Waals surface area contributed by atoms with Gasteiger partial charge in [0.1, 0.15) is 6.04 Å². The molecule has 2 N–H and O–H groups in total. The predicted octanol–water partition coefficient (Wildman–Crippen LogP) is 5.61. The number of amides is 2. The zero-order valence-electron chi connectivity index (χ0n) is 20.5. The molecule has 38 heavy (non-hydrogen) atoms. The van der Waals surface area contributed by atoms with Crippen LogP contribution in [0.5, 0.6) is 0 Å². The molecule has 0 saturated carbocycles. The number of nitrogens with one attached hydrogen (secondary N) is 1. The van der Waals surface area contributed by atoms with Crippen LogP contribution in [0.15, 0.2) is 85.1 Å². The maximum atomic E-state index is 13.8. The lowest BCUT2D eigenvalue weighted by atomic mass is 9.95. The summed E-state index contributed by atoms with van der Waals surface area (Å²) in [6, 6.07) is 21.9. The molecule has 4 aromatic rings. The number of pyridine rings is 1. The summed E-state index contributed by atoms with van der Waals surface area (Å²) in [5.41, 5.74) is 4.48. The Morgan fingerprint density at radius 3 is 2.58 bits per heavy atom. The first kappa shape index (κ1) is 25.2. The van der Waals surface area contributed by atoms with E-state index < -0.39 is 12.0 Å². The highest BCUT2D eigenvalue weighted by Gasteiger charge is 2.36. The lowest BCUT2D eigenvalue weighted by Gasteiger charge is -2.29. The SMILES string of the molecule is Cc1cccc(-c2cc(CN3C(=O)c4ccc(Cl)cc4NC(=O)[C@H]3Cc3ccccn3)ccc2C(=O)O)c1. The number of carbonyl (C=O) groups is 3. The third kappa shape index (κ3) is 5.14. The zero-order valence-corrected chi connectivity index (χ0v) is 21.3. The van der Waals surface area contributed by atoms with Crippen molar-refractivity contribution in [3.05, 3.63) is 118 Å². The predicted molar refractivity (Wildman–Crippen MR) is 145 cm³/mol. The minimum absolute atomic E-state index is 0.0878. The van der Waals surface area contributed by atoms with Crippen LogP contribution in [0, 0.1) is 6.92 Å². The van der Waals surface area contributed by atoms with Gasteiger partial charge in [-0.05, 0) is 66.1 Å². The highest BCUT2D eigenvalue weighted by atomic mass is 35.5. The molecule has 0 aliphatic carbocycles. The van der Waals surface area contributed by atoms with E-state index in [1.54, 1.807) is 48.7 Å². The van der Waals surface area contributed by atoms with Crippen LogP contribution >= 0.6 is 11.6 Å². The Bertz CT molecular complexity index is 1550. The van der Waals surface area contributed by atoms with Gasteiger partial charge in [0.2, 0.25) is 5.91 Å². The van der Waals surface area contributed by atoms with E-state index in [0.29, 0.717) is 33.1 Å². The number of halogens is 1. The number of aryl methyl sites for hydroxylation is 1. The first-order chi connectivity index (χ1) is 18.3. The van der Waals surface area contributed by atoms with Crippen molar-refractivity contribution in [1.82, 2.24) is 9.88 Å². The van der Waals surface area contributed by atoms with Gasteiger partial charge in [0.05, 0.1) is 16.8 Å². The second kappa shape index (κ2) is 10.5. The summed E-state index contributed by atoms with van der Waals surface area (Å²) in [5.74, 6) is -1.74. The standard InChI is InChI=1S/C30H24ClN3O4/c1-18-5-4-6-20(13-18)25-14-19(8-10-23(25)30(37)38)17-34-27(16-22-7-2-3-12-32-22)28(35)33-26-15-21(31)9-11-24(26)29(34)36/h2-15,27H,16-17H2,1H3,(H,33,35)(H,37,38)/t27-/m1/s1. The molecule has 1 aromatic heterocycles. The van der Waals surface area contributed by atoms with Crippen LogP contribution in [0.3, 0.4) is 0 Å². The average molecular weight is 526 g/mol. The van der Waals surface area contributed by atoms with Crippen molar-refractivity contribution in [3.8, 4) is 11.1 Å². The van der Waals surface area contributed by atoms with E-state index >= 15 is 0 Å².